The van der Waals surface area contributed by atoms with E-state index in [2.05, 4.69) is 34.1 Å². The van der Waals surface area contributed by atoms with Gasteiger partial charge in [-0.15, -0.1) is 0 Å². The lowest BCUT2D eigenvalue weighted by atomic mass is 10.0. The van der Waals surface area contributed by atoms with E-state index in [1.165, 1.54) is 5.56 Å². The van der Waals surface area contributed by atoms with Gasteiger partial charge in [-0.3, -0.25) is 9.69 Å². The van der Waals surface area contributed by atoms with E-state index in [1.54, 1.807) is 7.11 Å². The molecule has 2 aromatic rings. The predicted octanol–water partition coefficient (Wildman–Crippen LogP) is 4.09. The largest absolute Gasteiger partial charge is 0.495 e. The van der Waals surface area contributed by atoms with Crippen LogP contribution >= 0.6 is 0 Å². The average molecular weight is 426 g/mol. The van der Waals surface area contributed by atoms with Gasteiger partial charge in [0.25, 0.3) is 0 Å². The van der Waals surface area contributed by atoms with Crippen LogP contribution in [-0.2, 0) is 16.0 Å². The molecule has 168 valence electrons. The maximum atomic E-state index is 12.8. The van der Waals surface area contributed by atoms with Crippen LogP contribution in [0.15, 0.2) is 48.5 Å². The van der Waals surface area contributed by atoms with Gasteiger partial charge in [0.1, 0.15) is 11.8 Å². The molecule has 0 radical (unpaired) electrons. The zero-order valence-electron chi connectivity index (χ0n) is 18.8. The van der Waals surface area contributed by atoms with Gasteiger partial charge in [-0.05, 0) is 55.9 Å². The summed E-state index contributed by atoms with van der Waals surface area (Å²) in [7, 11) is 3.63. The number of benzene rings is 2. The Kier molecular flexibility index (Phi) is 8.59. The Hall–Kier alpha value is -2.73. The highest BCUT2D eigenvalue weighted by Gasteiger charge is 2.30. The van der Waals surface area contributed by atoms with Crippen molar-refractivity contribution in [1.82, 2.24) is 4.90 Å². The number of likely N-dealkylation sites (tertiary alicyclic amines) is 1. The number of carbonyl (C=O) groups is 1. The number of hydrogen-bond acceptors (Lipinski definition) is 6. The molecule has 31 heavy (non-hydrogen) atoms. The van der Waals surface area contributed by atoms with Gasteiger partial charge in [0.15, 0.2) is 0 Å². The number of hydrogen-bond donors (Lipinski definition) is 1. The van der Waals surface area contributed by atoms with E-state index in [0.717, 1.165) is 50.8 Å². The fourth-order valence-electron chi connectivity index (χ4n) is 4.09. The molecule has 2 aromatic carbocycles. The number of nitrogen functional groups attached to an aromatic ring is 1. The van der Waals surface area contributed by atoms with Crippen molar-refractivity contribution in [1.29, 1.82) is 0 Å². The summed E-state index contributed by atoms with van der Waals surface area (Å²) in [5, 5.41) is 0. The number of rotatable bonds is 10. The molecule has 0 spiro atoms. The van der Waals surface area contributed by atoms with Crippen LogP contribution in [0.2, 0.25) is 0 Å². The standard InChI is InChI=1S/C25H35N3O3/c1-27(21-14-15-24(30-2)22(26)18-21)19-28-16-8-6-13-23(28)25(29)31-17-9-7-12-20-10-4-3-5-11-20/h3-5,10-11,14-15,18,23H,6-9,12-13,16-17,19,26H2,1-2H3. The minimum atomic E-state index is -0.180. The van der Waals surface area contributed by atoms with Gasteiger partial charge < -0.3 is 20.1 Å². The van der Waals surface area contributed by atoms with Crippen molar-refractivity contribution in [3.05, 3.63) is 54.1 Å². The van der Waals surface area contributed by atoms with Crippen molar-refractivity contribution < 1.29 is 14.3 Å². The molecule has 1 saturated heterocycles. The third-order valence-corrected chi connectivity index (χ3v) is 5.88. The number of nitrogens with zero attached hydrogens (tertiary/aromatic N) is 2. The molecular formula is C25H35N3O3. The first-order valence-corrected chi connectivity index (χ1v) is 11.2. The van der Waals surface area contributed by atoms with E-state index in [0.29, 0.717) is 24.7 Å². The number of ether oxygens (including phenoxy) is 2. The highest BCUT2D eigenvalue weighted by Crippen LogP contribution is 2.27. The molecule has 0 saturated carbocycles. The van der Waals surface area contributed by atoms with Crippen LogP contribution in [0.5, 0.6) is 5.75 Å². The Balaban J connectivity index is 1.47. The molecule has 2 N–H and O–H groups in total. The fourth-order valence-corrected chi connectivity index (χ4v) is 4.09. The van der Waals surface area contributed by atoms with Crippen molar-refractivity contribution in [2.75, 3.05) is 44.6 Å². The Morgan fingerprint density at radius 3 is 2.71 bits per heavy atom. The second-order valence-electron chi connectivity index (χ2n) is 8.20. The number of anilines is 2. The molecule has 1 atom stereocenters. The molecule has 0 amide bonds. The summed E-state index contributed by atoms with van der Waals surface area (Å²) in [5.74, 6) is 0.575. The Morgan fingerprint density at radius 2 is 1.97 bits per heavy atom. The van der Waals surface area contributed by atoms with Gasteiger partial charge in [0.05, 0.1) is 26.1 Å². The van der Waals surface area contributed by atoms with Gasteiger partial charge in [-0.25, -0.2) is 0 Å². The number of methoxy groups -OCH3 is 1. The summed E-state index contributed by atoms with van der Waals surface area (Å²) >= 11 is 0. The van der Waals surface area contributed by atoms with Gasteiger partial charge >= 0.3 is 5.97 Å². The number of unbranched alkanes of at least 4 members (excludes halogenated alkanes) is 1. The van der Waals surface area contributed by atoms with Crippen molar-refractivity contribution in [2.24, 2.45) is 0 Å². The van der Waals surface area contributed by atoms with Gasteiger partial charge in [-0.1, -0.05) is 36.8 Å². The number of esters is 1. The van der Waals surface area contributed by atoms with Gasteiger partial charge in [-0.2, -0.15) is 0 Å². The summed E-state index contributed by atoms with van der Waals surface area (Å²) < 4.78 is 10.9. The maximum Gasteiger partial charge on any atom is 0.323 e. The molecule has 1 aliphatic heterocycles. The monoisotopic (exact) mass is 425 g/mol. The molecule has 1 heterocycles. The lowest BCUT2D eigenvalue weighted by Crippen LogP contribution is -2.49. The summed E-state index contributed by atoms with van der Waals surface area (Å²) in [4.78, 5) is 17.1. The van der Waals surface area contributed by atoms with Crippen molar-refractivity contribution >= 4 is 17.3 Å². The zero-order valence-corrected chi connectivity index (χ0v) is 18.8. The number of aryl methyl sites for hydroxylation is 1. The van der Waals surface area contributed by atoms with E-state index in [4.69, 9.17) is 15.2 Å². The van der Waals surface area contributed by atoms with Crippen LogP contribution in [0, 0.1) is 0 Å². The van der Waals surface area contributed by atoms with Crippen molar-refractivity contribution in [2.45, 2.75) is 44.6 Å². The number of piperidine rings is 1. The van der Waals surface area contributed by atoms with E-state index >= 15 is 0 Å². The second-order valence-corrected chi connectivity index (χ2v) is 8.20. The predicted molar refractivity (Wildman–Crippen MR) is 125 cm³/mol. The van der Waals surface area contributed by atoms with Crippen LogP contribution in [0.4, 0.5) is 11.4 Å². The number of carbonyl (C=O) groups excluding carboxylic acids is 1. The summed E-state index contributed by atoms with van der Waals surface area (Å²) in [6, 6.07) is 16.0. The average Bonchev–Trinajstić information content (AvgIpc) is 2.79. The van der Waals surface area contributed by atoms with Crippen molar-refractivity contribution in [3.8, 4) is 5.75 Å². The van der Waals surface area contributed by atoms with E-state index in [1.807, 2.05) is 31.3 Å². The lowest BCUT2D eigenvalue weighted by Gasteiger charge is -2.37. The number of nitrogens with two attached hydrogens (primary N) is 1. The molecule has 0 bridgehead atoms. The first kappa shape index (κ1) is 22.9. The van der Waals surface area contributed by atoms with E-state index < -0.39 is 0 Å². The highest BCUT2D eigenvalue weighted by atomic mass is 16.5. The molecule has 6 heteroatoms. The highest BCUT2D eigenvalue weighted by molar-refractivity contribution is 5.76. The normalized spacial score (nSPS) is 16.6. The van der Waals surface area contributed by atoms with Crippen LogP contribution < -0.4 is 15.4 Å². The lowest BCUT2D eigenvalue weighted by molar-refractivity contribution is -0.151. The molecular weight excluding hydrogens is 390 g/mol. The quantitative estimate of drug-likeness (QED) is 0.351. The summed E-state index contributed by atoms with van der Waals surface area (Å²) in [6.45, 7) is 2.03. The third kappa shape index (κ3) is 6.62. The molecule has 1 unspecified atom stereocenters. The molecule has 6 nitrogen and oxygen atoms in total. The molecule has 0 aromatic heterocycles. The fraction of sp³-hybridized carbons (Fsp3) is 0.480. The molecule has 1 fully saturated rings. The Morgan fingerprint density at radius 1 is 1.16 bits per heavy atom. The molecule has 1 aliphatic rings. The third-order valence-electron chi connectivity index (χ3n) is 5.88. The van der Waals surface area contributed by atoms with Gasteiger partial charge in [0, 0.05) is 19.3 Å². The van der Waals surface area contributed by atoms with Crippen LogP contribution in [0.1, 0.15) is 37.7 Å². The summed E-state index contributed by atoms with van der Waals surface area (Å²) in [5.41, 5.74) is 8.99. The van der Waals surface area contributed by atoms with Crippen LogP contribution in [0.3, 0.4) is 0 Å². The first-order valence-electron chi connectivity index (χ1n) is 11.2. The second kappa shape index (κ2) is 11.6. The maximum absolute atomic E-state index is 12.8. The minimum absolute atomic E-state index is 0.0953. The summed E-state index contributed by atoms with van der Waals surface area (Å²) in [6.07, 6.45) is 5.93. The van der Waals surface area contributed by atoms with Crippen molar-refractivity contribution in [3.63, 3.8) is 0 Å². The van der Waals surface area contributed by atoms with Gasteiger partial charge in [0.2, 0.25) is 0 Å². The smallest absolute Gasteiger partial charge is 0.323 e. The Bertz CT molecular complexity index is 828. The SMILES string of the molecule is COc1ccc(N(C)CN2CCCCC2C(=O)OCCCCc2ccccc2)cc1N. The molecule has 3 rings (SSSR count). The zero-order chi connectivity index (χ0) is 22.1. The topological polar surface area (TPSA) is 68.0 Å². The van der Waals surface area contributed by atoms with E-state index in [-0.39, 0.29) is 12.0 Å². The molecule has 0 aliphatic carbocycles. The van der Waals surface area contributed by atoms with E-state index in [9.17, 15) is 4.79 Å². The Labute approximate surface area is 185 Å². The first-order chi connectivity index (χ1) is 15.1. The van der Waals surface area contributed by atoms with Crippen LogP contribution in [0.25, 0.3) is 0 Å². The van der Waals surface area contributed by atoms with Crippen LogP contribution in [-0.4, -0.2) is 50.9 Å². The minimum Gasteiger partial charge on any atom is -0.495 e.